The van der Waals surface area contributed by atoms with Crippen molar-refractivity contribution in [2.75, 3.05) is 0 Å². The van der Waals surface area contributed by atoms with Gasteiger partial charge in [0, 0.05) is 60.8 Å². The van der Waals surface area contributed by atoms with Crippen LogP contribution in [0.2, 0.25) is 0 Å². The number of rotatable bonds is 5. The van der Waals surface area contributed by atoms with Crippen LogP contribution in [-0.2, 0) is 0 Å². The van der Waals surface area contributed by atoms with E-state index in [1.54, 1.807) is 12.4 Å². The maximum Gasteiger partial charge on any atom is 0.166 e. The lowest BCUT2D eigenvalue weighted by Gasteiger charge is -2.15. The van der Waals surface area contributed by atoms with Crippen LogP contribution in [0.5, 0.6) is 0 Å². The molecule has 7 nitrogen and oxygen atoms in total. The van der Waals surface area contributed by atoms with Crippen LogP contribution in [0, 0.1) is 0 Å². The largest absolute Gasteiger partial charge is 0.456 e. The number of hydrogen-bond donors (Lipinski definition) is 0. The highest BCUT2D eigenvalue weighted by molar-refractivity contribution is 6.13. The third-order valence-corrected chi connectivity index (χ3v) is 11.0. The van der Waals surface area contributed by atoms with Crippen LogP contribution in [0.4, 0.5) is 0 Å². The molecule has 5 heterocycles. The molecule has 0 aliphatic carbocycles. The van der Waals surface area contributed by atoms with E-state index in [4.69, 9.17) is 23.8 Å². The average Bonchev–Trinajstić information content (AvgIpc) is 3.96. The molecule has 0 bridgehead atoms. The van der Waals surface area contributed by atoms with Crippen molar-refractivity contribution in [1.29, 1.82) is 0 Å². The zero-order valence-electron chi connectivity index (χ0n) is 30.3. The highest BCUT2D eigenvalue weighted by Gasteiger charge is 2.21. The molecule has 57 heavy (non-hydrogen) atoms. The van der Waals surface area contributed by atoms with E-state index in [0.717, 1.165) is 88.4 Å². The molecule has 12 rings (SSSR count). The van der Waals surface area contributed by atoms with Gasteiger partial charge in [0.1, 0.15) is 16.7 Å². The summed E-state index contributed by atoms with van der Waals surface area (Å²) in [6, 6.07) is 56.2. The molecular weight excluding hydrogens is 703 g/mol. The van der Waals surface area contributed by atoms with Crippen molar-refractivity contribution >= 4 is 65.7 Å². The van der Waals surface area contributed by atoms with Crippen molar-refractivity contribution in [2.24, 2.45) is 0 Å². The third kappa shape index (κ3) is 4.86. The fourth-order valence-electron chi connectivity index (χ4n) is 8.43. The highest BCUT2D eigenvalue weighted by Crippen LogP contribution is 2.40. The molecule has 0 atom stereocenters. The summed E-state index contributed by atoms with van der Waals surface area (Å²) in [7, 11) is 0. The van der Waals surface area contributed by atoms with Crippen molar-refractivity contribution < 1.29 is 8.83 Å². The van der Waals surface area contributed by atoms with Crippen molar-refractivity contribution in [1.82, 2.24) is 24.5 Å². The Labute approximate surface area is 325 Å². The summed E-state index contributed by atoms with van der Waals surface area (Å²) in [4.78, 5) is 20.0. The third-order valence-electron chi connectivity index (χ3n) is 11.0. The van der Waals surface area contributed by atoms with E-state index >= 15 is 0 Å². The number of pyridine rings is 1. The molecule has 0 radical (unpaired) electrons. The maximum absolute atomic E-state index is 6.33. The molecule has 7 heteroatoms. The SMILES string of the molecule is c1ccc(-n2c3ccccc3c3ccccc32)c(-c2nc(-c3ccc(-c4cccc5c4oc4cnccc45)cc3)nc(-c3cccc4oc5ccccc5c34)n2)c1. The van der Waals surface area contributed by atoms with Crippen LogP contribution in [0.3, 0.4) is 0 Å². The van der Waals surface area contributed by atoms with Gasteiger partial charge in [-0.2, -0.15) is 0 Å². The fourth-order valence-corrected chi connectivity index (χ4v) is 8.43. The molecule has 12 aromatic rings. The lowest BCUT2D eigenvalue weighted by atomic mass is 10.0. The van der Waals surface area contributed by atoms with Gasteiger partial charge in [0.15, 0.2) is 23.1 Å². The Morgan fingerprint density at radius 3 is 1.81 bits per heavy atom. The summed E-state index contributed by atoms with van der Waals surface area (Å²) in [5, 5.41) is 6.46. The van der Waals surface area contributed by atoms with Gasteiger partial charge in [-0.3, -0.25) is 4.98 Å². The number of aromatic nitrogens is 5. The first kappa shape index (κ1) is 31.5. The smallest absolute Gasteiger partial charge is 0.166 e. The second-order valence-corrected chi connectivity index (χ2v) is 14.2. The van der Waals surface area contributed by atoms with Crippen LogP contribution >= 0.6 is 0 Å². The molecular formula is C50H29N5O2. The van der Waals surface area contributed by atoms with Gasteiger partial charge >= 0.3 is 0 Å². The summed E-state index contributed by atoms with van der Waals surface area (Å²) in [5.41, 5.74) is 11.1. The van der Waals surface area contributed by atoms with Gasteiger partial charge in [-0.05, 0) is 48.0 Å². The Morgan fingerprint density at radius 2 is 0.982 bits per heavy atom. The average molecular weight is 732 g/mol. The topological polar surface area (TPSA) is 82.8 Å². The summed E-state index contributed by atoms with van der Waals surface area (Å²) in [5.74, 6) is 1.70. The van der Waals surface area contributed by atoms with Crippen LogP contribution in [0.25, 0.3) is 117 Å². The maximum atomic E-state index is 6.33. The normalized spacial score (nSPS) is 11.9. The lowest BCUT2D eigenvalue weighted by molar-refractivity contribution is 0.668. The van der Waals surface area contributed by atoms with E-state index in [0.29, 0.717) is 17.5 Å². The Bertz CT molecular complexity index is 3490. The molecule has 0 aliphatic heterocycles. The van der Waals surface area contributed by atoms with Crippen LogP contribution < -0.4 is 0 Å². The molecule has 5 aromatic heterocycles. The van der Waals surface area contributed by atoms with Crippen molar-refractivity contribution in [3.8, 4) is 51.0 Å². The second-order valence-electron chi connectivity index (χ2n) is 14.2. The highest BCUT2D eigenvalue weighted by atomic mass is 16.3. The number of fused-ring (bicyclic) bond motifs is 9. The Hall–Kier alpha value is -7.90. The van der Waals surface area contributed by atoms with Gasteiger partial charge in [-0.25, -0.2) is 15.0 Å². The first-order valence-electron chi connectivity index (χ1n) is 18.9. The molecule has 0 spiro atoms. The number of furan rings is 2. The van der Waals surface area contributed by atoms with Gasteiger partial charge < -0.3 is 13.4 Å². The first-order chi connectivity index (χ1) is 28.3. The summed E-state index contributed by atoms with van der Waals surface area (Å²) in [6.07, 6.45) is 3.57. The molecule has 0 amide bonds. The predicted octanol–water partition coefficient (Wildman–Crippen LogP) is 12.8. The molecule has 0 fully saturated rings. The van der Waals surface area contributed by atoms with E-state index in [9.17, 15) is 0 Å². The zero-order valence-corrected chi connectivity index (χ0v) is 30.3. The Kier molecular flexibility index (Phi) is 6.79. The molecule has 7 aromatic carbocycles. The molecule has 0 unspecified atom stereocenters. The summed E-state index contributed by atoms with van der Waals surface area (Å²) >= 11 is 0. The first-order valence-corrected chi connectivity index (χ1v) is 18.9. The molecule has 0 saturated carbocycles. The predicted molar refractivity (Wildman–Crippen MR) is 228 cm³/mol. The zero-order chi connectivity index (χ0) is 37.5. The Morgan fingerprint density at radius 1 is 0.386 bits per heavy atom. The Balaban J connectivity index is 1.07. The molecule has 0 N–H and O–H groups in total. The minimum absolute atomic E-state index is 0.564. The van der Waals surface area contributed by atoms with E-state index in [-0.39, 0.29) is 0 Å². The van der Waals surface area contributed by atoms with Crippen LogP contribution in [-0.4, -0.2) is 24.5 Å². The quantitative estimate of drug-likeness (QED) is 0.175. The van der Waals surface area contributed by atoms with Gasteiger partial charge in [-0.1, -0.05) is 121 Å². The minimum atomic E-state index is 0.564. The number of para-hydroxylation sites is 5. The standard InChI is InChI=1S/C50H29N5O2/c1-5-18-40-33(11-1)34-12-2-6-19-41(34)55(40)42-20-7-3-13-37(42)49-52-48(53-50(54-49)39-17-10-22-44-46(39)38-14-4-8-21-43(38)56-44)31-25-23-30(24-26-31)32-15-9-16-36-35-27-28-51-29-45(35)57-47(32)36/h1-29H. The van der Waals surface area contributed by atoms with Crippen LogP contribution in [0.15, 0.2) is 185 Å². The van der Waals surface area contributed by atoms with E-state index in [2.05, 4.69) is 131 Å². The number of nitrogens with zero attached hydrogens (tertiary/aromatic N) is 5. The molecule has 0 saturated heterocycles. The minimum Gasteiger partial charge on any atom is -0.456 e. The molecule has 266 valence electrons. The van der Waals surface area contributed by atoms with Crippen molar-refractivity contribution in [3.05, 3.63) is 176 Å². The van der Waals surface area contributed by atoms with Gasteiger partial charge in [0.25, 0.3) is 0 Å². The van der Waals surface area contributed by atoms with E-state index < -0.39 is 0 Å². The molecule has 0 aliphatic rings. The van der Waals surface area contributed by atoms with E-state index in [1.807, 2.05) is 42.5 Å². The summed E-state index contributed by atoms with van der Waals surface area (Å²) < 4.78 is 15.0. The monoisotopic (exact) mass is 731 g/mol. The van der Waals surface area contributed by atoms with Crippen LogP contribution in [0.1, 0.15) is 0 Å². The van der Waals surface area contributed by atoms with E-state index in [1.165, 1.54) is 10.8 Å². The van der Waals surface area contributed by atoms with Gasteiger partial charge in [-0.15, -0.1) is 0 Å². The fraction of sp³-hybridized carbons (Fsp3) is 0. The second kappa shape index (κ2) is 12.3. The van der Waals surface area contributed by atoms with Gasteiger partial charge in [0.2, 0.25) is 0 Å². The lowest BCUT2D eigenvalue weighted by Crippen LogP contribution is -2.03. The summed E-state index contributed by atoms with van der Waals surface area (Å²) in [6.45, 7) is 0. The number of benzene rings is 7. The van der Waals surface area contributed by atoms with Crippen molar-refractivity contribution in [3.63, 3.8) is 0 Å². The van der Waals surface area contributed by atoms with Crippen molar-refractivity contribution in [2.45, 2.75) is 0 Å². The van der Waals surface area contributed by atoms with Gasteiger partial charge in [0.05, 0.1) is 22.9 Å². The number of hydrogen-bond acceptors (Lipinski definition) is 6.